The van der Waals surface area contributed by atoms with E-state index >= 15 is 0 Å². The third-order valence-electron chi connectivity index (χ3n) is 2.76. The minimum absolute atomic E-state index is 0.0274. The molecule has 9 heteroatoms. The third kappa shape index (κ3) is 2.07. The van der Waals surface area contributed by atoms with E-state index in [-0.39, 0.29) is 5.82 Å². The molecule has 0 radical (unpaired) electrons. The van der Waals surface area contributed by atoms with Gasteiger partial charge in [-0.2, -0.15) is 14.8 Å². The van der Waals surface area contributed by atoms with Crippen LogP contribution in [0, 0.1) is 6.92 Å². The topological polar surface area (TPSA) is 123 Å². The van der Waals surface area contributed by atoms with Gasteiger partial charge in [0.2, 0.25) is 0 Å². The highest BCUT2D eigenvalue weighted by molar-refractivity contribution is 6.21. The molecule has 0 unspecified atom stereocenters. The molecule has 8 nitrogen and oxygen atoms in total. The SMILES string of the molecule is Cc1nn([C@@H]2O[C@H](CO)[C@@H](O)[C@H]2Cl)c(=O)nc1N. The maximum Gasteiger partial charge on any atom is 0.368 e. The lowest BCUT2D eigenvalue weighted by atomic mass is 10.2. The van der Waals surface area contributed by atoms with E-state index in [9.17, 15) is 9.90 Å². The summed E-state index contributed by atoms with van der Waals surface area (Å²) in [6.07, 6.45) is -2.93. The van der Waals surface area contributed by atoms with E-state index in [0.29, 0.717) is 5.69 Å². The number of nitrogens with zero attached hydrogens (tertiary/aromatic N) is 3. The van der Waals surface area contributed by atoms with Crippen molar-refractivity contribution in [3.63, 3.8) is 0 Å². The Morgan fingerprint density at radius 2 is 2.28 bits per heavy atom. The Balaban J connectivity index is 2.39. The van der Waals surface area contributed by atoms with Crippen molar-refractivity contribution in [3.8, 4) is 0 Å². The molecule has 2 heterocycles. The third-order valence-corrected chi connectivity index (χ3v) is 3.23. The fourth-order valence-corrected chi connectivity index (χ4v) is 2.04. The van der Waals surface area contributed by atoms with Crippen LogP contribution in [-0.2, 0) is 4.74 Å². The van der Waals surface area contributed by atoms with Crippen LogP contribution in [0.3, 0.4) is 0 Å². The van der Waals surface area contributed by atoms with E-state index in [1.807, 2.05) is 0 Å². The Morgan fingerprint density at radius 3 is 2.83 bits per heavy atom. The van der Waals surface area contributed by atoms with Gasteiger partial charge in [0.25, 0.3) is 0 Å². The maximum absolute atomic E-state index is 11.7. The number of aryl methyl sites for hydroxylation is 1. The number of aromatic nitrogens is 3. The van der Waals surface area contributed by atoms with Crippen molar-refractivity contribution in [3.05, 3.63) is 16.2 Å². The van der Waals surface area contributed by atoms with Gasteiger partial charge >= 0.3 is 5.69 Å². The number of nitrogen functional groups attached to an aromatic ring is 1. The second-order valence-corrected chi connectivity index (χ2v) is 4.50. The van der Waals surface area contributed by atoms with Crippen molar-refractivity contribution in [1.29, 1.82) is 0 Å². The van der Waals surface area contributed by atoms with E-state index in [0.717, 1.165) is 4.68 Å². The summed E-state index contributed by atoms with van der Waals surface area (Å²) in [5.74, 6) is 0.0274. The number of hydrogen-bond donors (Lipinski definition) is 3. The molecular weight excluding hydrogens is 264 g/mol. The number of aliphatic hydroxyl groups is 2. The Bertz CT molecular complexity index is 508. The zero-order valence-corrected chi connectivity index (χ0v) is 10.3. The van der Waals surface area contributed by atoms with Crippen LogP contribution >= 0.6 is 11.6 Å². The summed E-state index contributed by atoms with van der Waals surface area (Å²) in [6.45, 7) is 1.17. The standard InChI is InChI=1S/C9H13ClN4O4/c1-3-7(11)12-9(17)14(13-3)8-5(10)6(16)4(2-15)18-8/h4-6,8,15-16H,2H2,1H3,(H2,11,12,17)/t4-,5-,6-,8-/m1/s1. The highest BCUT2D eigenvalue weighted by Gasteiger charge is 2.44. The van der Waals surface area contributed by atoms with Crippen LogP contribution in [0.5, 0.6) is 0 Å². The van der Waals surface area contributed by atoms with E-state index in [4.69, 9.17) is 27.2 Å². The molecule has 1 saturated heterocycles. The molecule has 18 heavy (non-hydrogen) atoms. The number of rotatable bonds is 2. The molecule has 1 aliphatic heterocycles. The number of nitrogens with two attached hydrogens (primary N) is 1. The van der Waals surface area contributed by atoms with Gasteiger partial charge in [0.15, 0.2) is 12.0 Å². The number of alkyl halides is 1. The molecule has 0 saturated carbocycles. The van der Waals surface area contributed by atoms with Gasteiger partial charge in [-0.15, -0.1) is 11.6 Å². The van der Waals surface area contributed by atoms with Crippen molar-refractivity contribution >= 4 is 17.4 Å². The Kier molecular flexibility index (Phi) is 3.53. The first-order chi connectivity index (χ1) is 8.45. The van der Waals surface area contributed by atoms with Crippen molar-refractivity contribution < 1.29 is 14.9 Å². The first kappa shape index (κ1) is 13.2. The summed E-state index contributed by atoms with van der Waals surface area (Å²) in [5, 5.41) is 21.7. The predicted molar refractivity (Wildman–Crippen MR) is 62.1 cm³/mol. The molecule has 4 atom stereocenters. The van der Waals surface area contributed by atoms with Crippen molar-refractivity contribution in [1.82, 2.24) is 14.8 Å². The predicted octanol–water partition coefficient (Wildman–Crippen LogP) is -1.61. The minimum atomic E-state index is -1.09. The fraction of sp³-hybridized carbons (Fsp3) is 0.667. The van der Waals surface area contributed by atoms with Crippen LogP contribution < -0.4 is 11.4 Å². The molecule has 0 bridgehead atoms. The molecule has 0 spiro atoms. The van der Waals surface area contributed by atoms with Gasteiger partial charge in [0.05, 0.1) is 6.61 Å². The average Bonchev–Trinajstić information content (AvgIpc) is 2.61. The van der Waals surface area contributed by atoms with Gasteiger partial charge in [-0.05, 0) is 6.92 Å². The summed E-state index contributed by atoms with van der Waals surface area (Å²) in [7, 11) is 0. The quantitative estimate of drug-likeness (QED) is 0.555. The zero-order chi connectivity index (χ0) is 13.4. The number of halogens is 1. The molecule has 2 rings (SSSR count). The molecule has 4 N–H and O–H groups in total. The van der Waals surface area contributed by atoms with E-state index in [1.54, 1.807) is 6.92 Å². The molecule has 0 aromatic carbocycles. The largest absolute Gasteiger partial charge is 0.394 e. The summed E-state index contributed by atoms with van der Waals surface area (Å²) < 4.78 is 6.20. The second kappa shape index (κ2) is 4.81. The van der Waals surface area contributed by atoms with Crippen LogP contribution in [-0.4, -0.2) is 49.2 Å². The molecule has 1 aliphatic rings. The van der Waals surface area contributed by atoms with Crippen LogP contribution in [0.2, 0.25) is 0 Å². The van der Waals surface area contributed by atoms with E-state index in [2.05, 4.69) is 10.1 Å². The van der Waals surface area contributed by atoms with Gasteiger partial charge in [0.1, 0.15) is 23.3 Å². The summed E-state index contributed by atoms with van der Waals surface area (Å²) in [6, 6.07) is 0. The van der Waals surface area contributed by atoms with Gasteiger partial charge < -0.3 is 20.7 Å². The Hall–Kier alpha value is -1.22. The molecule has 0 amide bonds. The van der Waals surface area contributed by atoms with Crippen LogP contribution in [0.15, 0.2) is 4.79 Å². The maximum atomic E-state index is 11.7. The number of anilines is 1. The molecule has 1 aromatic rings. The van der Waals surface area contributed by atoms with Crippen LogP contribution in [0.4, 0.5) is 5.82 Å². The van der Waals surface area contributed by atoms with Crippen LogP contribution in [0.25, 0.3) is 0 Å². The van der Waals surface area contributed by atoms with Crippen LogP contribution in [0.1, 0.15) is 11.9 Å². The summed E-state index contributed by atoms with van der Waals surface area (Å²) in [5.41, 5.74) is 5.08. The minimum Gasteiger partial charge on any atom is -0.394 e. The number of ether oxygens (including phenoxy) is 1. The lowest BCUT2D eigenvalue weighted by Crippen LogP contribution is -2.35. The summed E-state index contributed by atoms with van der Waals surface area (Å²) in [4.78, 5) is 15.2. The smallest absolute Gasteiger partial charge is 0.368 e. The second-order valence-electron chi connectivity index (χ2n) is 3.99. The van der Waals surface area contributed by atoms with Crippen molar-refractivity contribution in [2.45, 2.75) is 30.7 Å². The van der Waals surface area contributed by atoms with Crippen molar-refractivity contribution in [2.75, 3.05) is 12.3 Å². The molecule has 1 fully saturated rings. The molecule has 0 aliphatic carbocycles. The Morgan fingerprint density at radius 1 is 1.61 bits per heavy atom. The first-order valence-corrected chi connectivity index (χ1v) is 5.70. The first-order valence-electron chi connectivity index (χ1n) is 5.27. The van der Waals surface area contributed by atoms with Gasteiger partial charge in [-0.3, -0.25) is 0 Å². The van der Waals surface area contributed by atoms with Crippen molar-refractivity contribution in [2.24, 2.45) is 0 Å². The highest BCUT2D eigenvalue weighted by atomic mass is 35.5. The fourth-order valence-electron chi connectivity index (χ4n) is 1.71. The molecular formula is C9H13ClN4O4. The normalized spacial score (nSPS) is 31.8. The van der Waals surface area contributed by atoms with Gasteiger partial charge in [-0.1, -0.05) is 0 Å². The highest BCUT2D eigenvalue weighted by Crippen LogP contribution is 2.31. The lowest BCUT2D eigenvalue weighted by molar-refractivity contribution is -0.0505. The zero-order valence-electron chi connectivity index (χ0n) is 9.52. The summed E-state index contributed by atoms with van der Waals surface area (Å²) >= 11 is 5.96. The van der Waals surface area contributed by atoms with Gasteiger partial charge in [-0.25, -0.2) is 4.79 Å². The van der Waals surface area contributed by atoms with Gasteiger partial charge in [0, 0.05) is 0 Å². The molecule has 100 valence electrons. The Labute approximate surface area is 107 Å². The number of hydrogen-bond acceptors (Lipinski definition) is 7. The van der Waals surface area contributed by atoms with E-state index < -0.39 is 36.1 Å². The monoisotopic (exact) mass is 276 g/mol. The van der Waals surface area contributed by atoms with E-state index in [1.165, 1.54) is 0 Å². The molecule has 1 aromatic heterocycles. The average molecular weight is 277 g/mol. The lowest BCUT2D eigenvalue weighted by Gasteiger charge is -2.15. The number of aliphatic hydroxyl groups excluding tert-OH is 2.